The predicted octanol–water partition coefficient (Wildman–Crippen LogP) is 7.18. The average Bonchev–Trinajstić information content (AvgIpc) is 3.36. The van der Waals surface area contributed by atoms with Crippen molar-refractivity contribution < 1.29 is 9.47 Å². The first-order valence-electron chi connectivity index (χ1n) is 13.7. The molecule has 2 aliphatic rings. The van der Waals surface area contributed by atoms with Crippen LogP contribution in [0, 0.1) is 0 Å². The molecule has 0 aliphatic carbocycles. The van der Waals surface area contributed by atoms with Crippen molar-refractivity contribution in [1.82, 2.24) is 4.57 Å². The maximum absolute atomic E-state index is 6.79. The first-order chi connectivity index (χ1) is 19.9. The van der Waals surface area contributed by atoms with Gasteiger partial charge in [0, 0.05) is 27.5 Å². The lowest BCUT2D eigenvalue weighted by Crippen LogP contribution is -2.57. The SMILES string of the molecule is c1ccc(-n2c3ccccc3c3c(-c4cccc5c4Oc4cccc6c4B5c4ccccc4O6)cccc32)cc1. The third kappa shape index (κ3) is 2.90. The zero-order valence-electron chi connectivity index (χ0n) is 21.5. The van der Waals surface area contributed by atoms with Crippen LogP contribution in [0.5, 0.6) is 23.0 Å². The van der Waals surface area contributed by atoms with E-state index >= 15 is 0 Å². The molecule has 1 aromatic heterocycles. The fraction of sp³-hybridized carbons (Fsp3) is 0. The Balaban J connectivity index is 1.35. The lowest BCUT2D eigenvalue weighted by Gasteiger charge is -2.33. The molecule has 186 valence electrons. The topological polar surface area (TPSA) is 23.4 Å². The van der Waals surface area contributed by atoms with E-state index in [9.17, 15) is 0 Å². The molecule has 0 saturated heterocycles. The Bertz CT molecular complexity index is 2130. The van der Waals surface area contributed by atoms with E-state index in [1.807, 2.05) is 18.2 Å². The number of nitrogens with zero attached hydrogens (tertiary/aromatic N) is 1. The molecule has 0 amide bonds. The van der Waals surface area contributed by atoms with Crippen LogP contribution in [0.2, 0.25) is 0 Å². The molecule has 0 bridgehead atoms. The van der Waals surface area contributed by atoms with Crippen LogP contribution in [0.4, 0.5) is 0 Å². The molecular weight excluding hydrogens is 489 g/mol. The van der Waals surface area contributed by atoms with Gasteiger partial charge in [0.1, 0.15) is 23.0 Å². The normalized spacial score (nSPS) is 12.8. The molecule has 0 fully saturated rings. The van der Waals surface area contributed by atoms with Gasteiger partial charge in [0.2, 0.25) is 0 Å². The summed E-state index contributed by atoms with van der Waals surface area (Å²) in [6.45, 7) is 0.0460. The van der Waals surface area contributed by atoms with E-state index in [0.29, 0.717) is 0 Å². The minimum absolute atomic E-state index is 0.0460. The molecule has 0 unspecified atom stereocenters. The quantitative estimate of drug-likeness (QED) is 0.230. The van der Waals surface area contributed by atoms with Gasteiger partial charge < -0.3 is 14.0 Å². The Morgan fingerprint density at radius 2 is 1.12 bits per heavy atom. The van der Waals surface area contributed by atoms with Gasteiger partial charge in [-0.15, -0.1) is 0 Å². The second-order valence-corrected chi connectivity index (χ2v) is 10.5. The monoisotopic (exact) mass is 511 g/mol. The summed E-state index contributed by atoms with van der Waals surface area (Å²) in [5.74, 6) is 3.54. The zero-order valence-corrected chi connectivity index (χ0v) is 21.5. The van der Waals surface area contributed by atoms with Crippen LogP contribution in [-0.2, 0) is 0 Å². The Hall–Kier alpha value is -5.22. The van der Waals surface area contributed by atoms with Crippen molar-refractivity contribution >= 4 is 44.9 Å². The second-order valence-electron chi connectivity index (χ2n) is 10.5. The van der Waals surface area contributed by atoms with Crippen molar-refractivity contribution in [3.63, 3.8) is 0 Å². The van der Waals surface area contributed by atoms with E-state index in [2.05, 4.69) is 120 Å². The molecule has 3 heterocycles. The third-order valence-corrected chi connectivity index (χ3v) is 8.34. The molecule has 2 aliphatic heterocycles. The summed E-state index contributed by atoms with van der Waals surface area (Å²) in [5, 5.41) is 2.45. The van der Waals surface area contributed by atoms with Crippen LogP contribution in [-0.4, -0.2) is 11.3 Å². The van der Waals surface area contributed by atoms with E-state index < -0.39 is 0 Å². The van der Waals surface area contributed by atoms with E-state index in [4.69, 9.17) is 9.47 Å². The van der Waals surface area contributed by atoms with Crippen molar-refractivity contribution in [2.45, 2.75) is 0 Å². The summed E-state index contributed by atoms with van der Waals surface area (Å²) in [6.07, 6.45) is 0. The highest BCUT2D eigenvalue weighted by Crippen LogP contribution is 2.43. The molecule has 0 saturated carbocycles. The van der Waals surface area contributed by atoms with Crippen LogP contribution in [0.25, 0.3) is 38.6 Å². The average molecular weight is 511 g/mol. The van der Waals surface area contributed by atoms with E-state index in [0.717, 1.165) is 45.2 Å². The fourth-order valence-corrected chi connectivity index (χ4v) is 6.71. The Labute approximate surface area is 231 Å². The molecule has 0 atom stereocenters. The molecule has 0 radical (unpaired) electrons. The number of ether oxygens (including phenoxy) is 2. The molecule has 4 heteroatoms. The van der Waals surface area contributed by atoms with Gasteiger partial charge in [-0.1, -0.05) is 91.0 Å². The second kappa shape index (κ2) is 8.14. The summed E-state index contributed by atoms with van der Waals surface area (Å²) in [6, 6.07) is 46.9. The number of hydrogen-bond donors (Lipinski definition) is 0. The van der Waals surface area contributed by atoms with Gasteiger partial charge in [0.05, 0.1) is 11.0 Å². The van der Waals surface area contributed by atoms with Gasteiger partial charge in [-0.2, -0.15) is 0 Å². The fourth-order valence-electron chi connectivity index (χ4n) is 6.71. The highest BCUT2D eigenvalue weighted by atomic mass is 16.5. The number of para-hydroxylation sites is 4. The molecule has 3 nitrogen and oxygen atoms in total. The van der Waals surface area contributed by atoms with Gasteiger partial charge in [-0.05, 0) is 59.0 Å². The number of fused-ring (bicyclic) bond motifs is 7. The molecule has 9 rings (SSSR count). The first-order valence-corrected chi connectivity index (χ1v) is 13.7. The largest absolute Gasteiger partial charge is 0.458 e. The molecule has 6 aromatic carbocycles. The highest BCUT2D eigenvalue weighted by Gasteiger charge is 2.40. The minimum Gasteiger partial charge on any atom is -0.458 e. The molecule has 40 heavy (non-hydrogen) atoms. The van der Waals surface area contributed by atoms with Crippen molar-refractivity contribution in [3.8, 4) is 39.8 Å². The van der Waals surface area contributed by atoms with Crippen LogP contribution in [0.15, 0.2) is 133 Å². The lowest BCUT2D eigenvalue weighted by atomic mass is 9.34. The lowest BCUT2D eigenvalue weighted by molar-refractivity contribution is 0.465. The van der Waals surface area contributed by atoms with Crippen molar-refractivity contribution in [2.75, 3.05) is 0 Å². The van der Waals surface area contributed by atoms with E-state index in [1.165, 1.54) is 32.8 Å². The van der Waals surface area contributed by atoms with Crippen LogP contribution in [0.3, 0.4) is 0 Å². The maximum atomic E-state index is 6.79. The van der Waals surface area contributed by atoms with E-state index in [-0.39, 0.29) is 6.71 Å². The maximum Gasteiger partial charge on any atom is 0.260 e. The number of benzene rings is 6. The summed E-state index contributed by atoms with van der Waals surface area (Å²) in [5.41, 5.74) is 9.22. The van der Waals surface area contributed by atoms with Gasteiger partial charge in [-0.25, -0.2) is 0 Å². The first kappa shape index (κ1) is 21.7. The van der Waals surface area contributed by atoms with Gasteiger partial charge in [0.25, 0.3) is 6.71 Å². The predicted molar refractivity (Wildman–Crippen MR) is 164 cm³/mol. The summed E-state index contributed by atoms with van der Waals surface area (Å²) >= 11 is 0. The highest BCUT2D eigenvalue weighted by molar-refractivity contribution is 6.98. The molecule has 0 N–H and O–H groups in total. The molecular formula is C36H22BNO2. The summed E-state index contributed by atoms with van der Waals surface area (Å²) < 4.78 is 15.5. The Morgan fingerprint density at radius 3 is 2.05 bits per heavy atom. The zero-order chi connectivity index (χ0) is 26.2. The van der Waals surface area contributed by atoms with Crippen molar-refractivity contribution in [1.29, 1.82) is 0 Å². The molecule has 7 aromatic rings. The Kier molecular flexibility index (Phi) is 4.41. The summed E-state index contributed by atoms with van der Waals surface area (Å²) in [4.78, 5) is 0. The third-order valence-electron chi connectivity index (χ3n) is 8.34. The van der Waals surface area contributed by atoms with Gasteiger partial charge >= 0.3 is 0 Å². The van der Waals surface area contributed by atoms with Crippen LogP contribution >= 0.6 is 0 Å². The van der Waals surface area contributed by atoms with Crippen LogP contribution in [0.1, 0.15) is 0 Å². The van der Waals surface area contributed by atoms with Crippen molar-refractivity contribution in [2.24, 2.45) is 0 Å². The molecule has 0 spiro atoms. The number of hydrogen-bond acceptors (Lipinski definition) is 2. The van der Waals surface area contributed by atoms with Crippen LogP contribution < -0.4 is 25.9 Å². The minimum atomic E-state index is 0.0460. The standard InChI is InChI=1S/C36H22BNO2/c1-2-11-23(12-3-1)38-29-18-6-4-13-26(29)34-24(14-9-19-30(34)38)25-15-8-17-28-36(25)40-33-22-10-21-32-35(33)37(28)27-16-5-7-20-31(27)39-32/h1-22H. The van der Waals surface area contributed by atoms with E-state index in [1.54, 1.807) is 0 Å². The smallest absolute Gasteiger partial charge is 0.260 e. The Morgan fingerprint density at radius 1 is 0.475 bits per heavy atom. The summed E-state index contributed by atoms with van der Waals surface area (Å²) in [7, 11) is 0. The number of aromatic nitrogens is 1. The van der Waals surface area contributed by atoms with Gasteiger partial charge in [0.15, 0.2) is 0 Å². The van der Waals surface area contributed by atoms with Crippen molar-refractivity contribution in [3.05, 3.63) is 133 Å². The number of rotatable bonds is 2. The van der Waals surface area contributed by atoms with Gasteiger partial charge in [-0.3, -0.25) is 0 Å².